The number of hydrogen-bond acceptors (Lipinski definition) is 2. The molecule has 0 aliphatic heterocycles. The van der Waals surface area contributed by atoms with Gasteiger partial charge in [-0.05, 0) is 31.0 Å². The summed E-state index contributed by atoms with van der Waals surface area (Å²) >= 11 is 8.30. The Labute approximate surface area is 121 Å². The maximum Gasteiger partial charge on any atom is 0.230 e. The van der Waals surface area contributed by atoms with E-state index in [4.69, 9.17) is 18.0 Å². The van der Waals surface area contributed by atoms with Crippen LogP contribution in [-0.4, -0.2) is 10.9 Å². The third-order valence-corrected chi connectivity index (χ3v) is 3.55. The van der Waals surface area contributed by atoms with Crippen molar-refractivity contribution >= 4 is 39.0 Å². The first-order valence-electron chi connectivity index (χ1n) is 5.80. The highest BCUT2D eigenvalue weighted by Gasteiger charge is 2.21. The van der Waals surface area contributed by atoms with Gasteiger partial charge in [-0.15, -0.1) is 0 Å². The van der Waals surface area contributed by atoms with Crippen LogP contribution in [0.15, 0.2) is 28.7 Å². The van der Waals surface area contributed by atoms with Crippen molar-refractivity contribution in [1.82, 2.24) is 5.32 Å². The molecule has 3 nitrogen and oxygen atoms in total. The van der Waals surface area contributed by atoms with Crippen molar-refractivity contribution in [2.45, 2.75) is 26.3 Å². The van der Waals surface area contributed by atoms with Crippen LogP contribution in [0.3, 0.4) is 0 Å². The van der Waals surface area contributed by atoms with Crippen LogP contribution >= 0.6 is 28.1 Å². The molecule has 1 rings (SSSR count). The Morgan fingerprint density at radius 3 is 2.72 bits per heavy atom. The van der Waals surface area contributed by atoms with Crippen molar-refractivity contribution in [1.29, 1.82) is 0 Å². The zero-order valence-electron chi connectivity index (χ0n) is 10.4. The number of thiocarbonyl (C=S) groups is 1. The summed E-state index contributed by atoms with van der Waals surface area (Å²) in [6, 6.07) is 7.76. The van der Waals surface area contributed by atoms with Gasteiger partial charge in [0.15, 0.2) is 0 Å². The molecule has 0 aliphatic carbocycles. The lowest BCUT2D eigenvalue weighted by atomic mass is 10.0. The van der Waals surface area contributed by atoms with Gasteiger partial charge < -0.3 is 11.1 Å². The highest BCUT2D eigenvalue weighted by Crippen LogP contribution is 2.18. The number of halogens is 1. The number of nitrogens with one attached hydrogen (secondary N) is 1. The number of carbonyl (C=O) groups excluding carboxylic acids is 1. The fourth-order valence-corrected chi connectivity index (χ4v) is 2.38. The Balaban J connectivity index is 2.73. The molecular weight excluding hydrogens is 312 g/mol. The number of benzene rings is 1. The standard InChI is InChI=1S/C13H17BrN2OS/c1-3-11(12(15)18)13(17)16-8(2)9-5-4-6-10(14)7-9/h4-8,11H,3H2,1-2H3,(H2,15,18)(H,16,17). The van der Waals surface area contributed by atoms with Gasteiger partial charge in [0.05, 0.1) is 16.9 Å². The van der Waals surface area contributed by atoms with Crippen molar-refractivity contribution in [2.75, 3.05) is 0 Å². The highest BCUT2D eigenvalue weighted by atomic mass is 79.9. The molecule has 0 saturated carbocycles. The van der Waals surface area contributed by atoms with Crippen LogP contribution in [0.25, 0.3) is 0 Å². The average Bonchev–Trinajstić information content (AvgIpc) is 2.29. The zero-order valence-corrected chi connectivity index (χ0v) is 12.8. The first-order chi connectivity index (χ1) is 8.45. The quantitative estimate of drug-likeness (QED) is 0.817. The Bertz CT molecular complexity index is 450. The van der Waals surface area contributed by atoms with Crippen LogP contribution in [0, 0.1) is 5.92 Å². The summed E-state index contributed by atoms with van der Waals surface area (Å²) in [5, 5.41) is 2.93. The molecule has 3 N–H and O–H groups in total. The smallest absolute Gasteiger partial charge is 0.230 e. The number of carbonyl (C=O) groups is 1. The van der Waals surface area contributed by atoms with E-state index in [0.29, 0.717) is 6.42 Å². The molecule has 0 aromatic heterocycles. The van der Waals surface area contributed by atoms with Crippen LogP contribution in [-0.2, 0) is 4.79 Å². The van der Waals surface area contributed by atoms with Gasteiger partial charge in [0.1, 0.15) is 0 Å². The lowest BCUT2D eigenvalue weighted by Gasteiger charge is -2.19. The summed E-state index contributed by atoms with van der Waals surface area (Å²) in [5.74, 6) is -0.507. The summed E-state index contributed by atoms with van der Waals surface area (Å²) in [5.41, 5.74) is 6.59. The van der Waals surface area contributed by atoms with E-state index in [1.54, 1.807) is 0 Å². The zero-order chi connectivity index (χ0) is 13.7. The van der Waals surface area contributed by atoms with E-state index in [2.05, 4.69) is 21.2 Å². The van der Waals surface area contributed by atoms with Gasteiger partial charge in [-0.3, -0.25) is 4.79 Å². The van der Waals surface area contributed by atoms with Crippen molar-refractivity contribution in [3.05, 3.63) is 34.3 Å². The molecule has 2 atom stereocenters. The minimum absolute atomic E-state index is 0.0709. The Morgan fingerprint density at radius 2 is 2.22 bits per heavy atom. The van der Waals surface area contributed by atoms with Crippen molar-refractivity contribution < 1.29 is 4.79 Å². The second kappa shape index (κ2) is 6.85. The maximum absolute atomic E-state index is 12.0. The number of amides is 1. The molecule has 98 valence electrons. The van der Waals surface area contributed by atoms with E-state index in [-0.39, 0.29) is 16.9 Å². The molecule has 0 spiro atoms. The molecule has 0 heterocycles. The molecule has 0 saturated heterocycles. The highest BCUT2D eigenvalue weighted by molar-refractivity contribution is 9.10. The van der Waals surface area contributed by atoms with Gasteiger partial charge in [-0.2, -0.15) is 0 Å². The second-order valence-corrected chi connectivity index (χ2v) is 5.54. The van der Waals surface area contributed by atoms with E-state index in [1.165, 1.54) is 0 Å². The fraction of sp³-hybridized carbons (Fsp3) is 0.385. The van der Waals surface area contributed by atoms with Crippen LogP contribution in [0.2, 0.25) is 0 Å². The lowest BCUT2D eigenvalue weighted by Crippen LogP contribution is -2.38. The molecule has 0 radical (unpaired) electrons. The summed E-state index contributed by atoms with van der Waals surface area (Å²) in [6.45, 7) is 3.83. The molecular formula is C13H17BrN2OS. The molecule has 18 heavy (non-hydrogen) atoms. The summed E-state index contributed by atoms with van der Waals surface area (Å²) in [6.07, 6.45) is 0.617. The first kappa shape index (κ1) is 15.1. The largest absolute Gasteiger partial charge is 0.393 e. The fourth-order valence-electron chi connectivity index (χ4n) is 1.69. The van der Waals surface area contributed by atoms with Crippen molar-refractivity contribution in [2.24, 2.45) is 11.7 Å². The summed E-state index contributed by atoms with van der Waals surface area (Å²) < 4.78 is 0.988. The molecule has 1 amide bonds. The average molecular weight is 329 g/mol. The summed E-state index contributed by atoms with van der Waals surface area (Å²) in [4.78, 5) is 12.2. The van der Waals surface area contributed by atoms with E-state index in [1.807, 2.05) is 38.1 Å². The molecule has 0 fully saturated rings. The lowest BCUT2D eigenvalue weighted by molar-refractivity contribution is -0.123. The topological polar surface area (TPSA) is 55.1 Å². The Kier molecular flexibility index (Phi) is 5.75. The second-order valence-electron chi connectivity index (χ2n) is 4.15. The summed E-state index contributed by atoms with van der Waals surface area (Å²) in [7, 11) is 0. The predicted octanol–water partition coefficient (Wildman–Crippen LogP) is 2.94. The minimum Gasteiger partial charge on any atom is -0.393 e. The van der Waals surface area contributed by atoms with E-state index in [0.717, 1.165) is 10.0 Å². The van der Waals surface area contributed by atoms with Crippen LogP contribution in [0.5, 0.6) is 0 Å². The van der Waals surface area contributed by atoms with Gasteiger partial charge >= 0.3 is 0 Å². The van der Waals surface area contributed by atoms with Crippen LogP contribution in [0.1, 0.15) is 31.9 Å². The molecule has 1 aromatic carbocycles. The third kappa shape index (κ3) is 4.07. The van der Waals surface area contributed by atoms with E-state index >= 15 is 0 Å². The van der Waals surface area contributed by atoms with E-state index in [9.17, 15) is 4.79 Å². The third-order valence-electron chi connectivity index (χ3n) is 2.78. The predicted molar refractivity (Wildman–Crippen MR) is 81.3 cm³/mol. The molecule has 2 unspecified atom stereocenters. The normalized spacial score (nSPS) is 13.7. The van der Waals surface area contributed by atoms with E-state index < -0.39 is 5.92 Å². The Morgan fingerprint density at radius 1 is 1.56 bits per heavy atom. The van der Waals surface area contributed by atoms with Gasteiger partial charge in [0.25, 0.3) is 0 Å². The molecule has 1 aromatic rings. The number of hydrogen-bond donors (Lipinski definition) is 2. The number of nitrogens with two attached hydrogens (primary N) is 1. The SMILES string of the molecule is CCC(C(=O)NC(C)c1cccc(Br)c1)C(N)=S. The number of rotatable bonds is 5. The molecule has 0 bridgehead atoms. The first-order valence-corrected chi connectivity index (χ1v) is 7.01. The van der Waals surface area contributed by atoms with Crippen molar-refractivity contribution in [3.8, 4) is 0 Å². The minimum atomic E-state index is -0.394. The molecule has 0 aliphatic rings. The van der Waals surface area contributed by atoms with Gasteiger partial charge in [-0.1, -0.05) is 47.2 Å². The monoisotopic (exact) mass is 328 g/mol. The van der Waals surface area contributed by atoms with Gasteiger partial charge in [0.2, 0.25) is 5.91 Å². The molecule has 5 heteroatoms. The Hall–Kier alpha value is -0.940. The van der Waals surface area contributed by atoms with Gasteiger partial charge in [-0.25, -0.2) is 0 Å². The maximum atomic E-state index is 12.0. The van der Waals surface area contributed by atoms with Crippen molar-refractivity contribution in [3.63, 3.8) is 0 Å². The van der Waals surface area contributed by atoms with Crippen LogP contribution in [0.4, 0.5) is 0 Å². The van der Waals surface area contributed by atoms with Crippen LogP contribution < -0.4 is 11.1 Å². The van der Waals surface area contributed by atoms with Gasteiger partial charge in [0, 0.05) is 4.47 Å².